The van der Waals surface area contributed by atoms with Gasteiger partial charge in [-0.15, -0.1) is 0 Å². The van der Waals surface area contributed by atoms with Crippen molar-refractivity contribution >= 4 is 39.6 Å². The van der Waals surface area contributed by atoms with Crippen LogP contribution >= 0.6 is 0 Å². The van der Waals surface area contributed by atoms with Crippen molar-refractivity contribution in [3.05, 3.63) is 84.4 Å². The fourth-order valence-electron chi connectivity index (χ4n) is 4.64. The highest BCUT2D eigenvalue weighted by Crippen LogP contribution is 2.34. The zero-order valence-corrected chi connectivity index (χ0v) is 22.9. The molecule has 0 radical (unpaired) electrons. The standard InChI is InChI=1S/C32H32N4O5/c1-39-23-13-11-22(12-14-23)31-32-25(24-7-3-4-8-26(24)34-32)20-29(35-31)33-17-5-6-18-41-27-15-9-21(19-28(27)40-2)10-16-30(37)36-38/h3-4,7-16,19-20,34,38H,5-6,17-18H2,1-2H3,(H,33,35)(H,36,37)/b16-10+. The molecule has 5 aromatic rings. The predicted octanol–water partition coefficient (Wildman–Crippen LogP) is 6.19. The monoisotopic (exact) mass is 552 g/mol. The van der Waals surface area contributed by atoms with Crippen LogP contribution in [0.15, 0.2) is 78.9 Å². The highest BCUT2D eigenvalue weighted by Gasteiger charge is 2.14. The molecule has 0 bridgehead atoms. The number of ether oxygens (including phenoxy) is 3. The molecule has 0 spiro atoms. The molecular formula is C32H32N4O5. The third kappa shape index (κ3) is 6.42. The molecule has 0 aliphatic carbocycles. The van der Waals surface area contributed by atoms with Crippen LogP contribution in [0, 0.1) is 0 Å². The molecule has 2 heterocycles. The number of hydrogen-bond acceptors (Lipinski definition) is 7. The quantitative estimate of drug-likeness (QED) is 0.0631. The number of carbonyl (C=O) groups is 1. The molecule has 0 unspecified atom stereocenters. The van der Waals surface area contributed by atoms with Gasteiger partial charge in [-0.3, -0.25) is 10.0 Å². The molecule has 0 saturated heterocycles. The molecule has 0 atom stereocenters. The van der Waals surface area contributed by atoms with Crippen LogP contribution in [0.1, 0.15) is 18.4 Å². The van der Waals surface area contributed by atoms with Crippen molar-refractivity contribution in [2.24, 2.45) is 0 Å². The Morgan fingerprint density at radius 1 is 0.951 bits per heavy atom. The summed E-state index contributed by atoms with van der Waals surface area (Å²) in [7, 11) is 3.23. The van der Waals surface area contributed by atoms with E-state index in [-0.39, 0.29) is 0 Å². The highest BCUT2D eigenvalue weighted by atomic mass is 16.5. The number of H-pyrrole nitrogens is 1. The minimum absolute atomic E-state index is 0.520. The summed E-state index contributed by atoms with van der Waals surface area (Å²) in [6.07, 6.45) is 4.51. The lowest BCUT2D eigenvalue weighted by Crippen LogP contribution is -2.14. The van der Waals surface area contributed by atoms with Gasteiger partial charge in [0.1, 0.15) is 11.6 Å². The van der Waals surface area contributed by atoms with Crippen molar-refractivity contribution in [2.75, 3.05) is 32.7 Å². The average Bonchev–Trinajstić information content (AvgIpc) is 3.40. The minimum Gasteiger partial charge on any atom is -0.497 e. The smallest absolute Gasteiger partial charge is 0.267 e. The van der Waals surface area contributed by atoms with Crippen LogP contribution in [0.2, 0.25) is 0 Å². The number of unbranched alkanes of at least 4 members (excludes halogenated alkanes) is 1. The Kier molecular flexibility index (Phi) is 8.66. The average molecular weight is 553 g/mol. The molecule has 5 rings (SSSR count). The summed E-state index contributed by atoms with van der Waals surface area (Å²) in [5.41, 5.74) is 6.27. The fourth-order valence-corrected chi connectivity index (χ4v) is 4.64. The van der Waals surface area contributed by atoms with E-state index >= 15 is 0 Å². The molecular weight excluding hydrogens is 520 g/mol. The first kappa shape index (κ1) is 27.5. The maximum absolute atomic E-state index is 11.2. The van der Waals surface area contributed by atoms with Gasteiger partial charge in [0.2, 0.25) is 0 Å². The first-order valence-electron chi connectivity index (χ1n) is 13.3. The van der Waals surface area contributed by atoms with Crippen LogP contribution in [0.5, 0.6) is 17.2 Å². The topological polar surface area (TPSA) is 118 Å². The van der Waals surface area contributed by atoms with Gasteiger partial charge in [-0.1, -0.05) is 24.3 Å². The summed E-state index contributed by atoms with van der Waals surface area (Å²) in [4.78, 5) is 19.7. The molecule has 0 fully saturated rings. The molecule has 3 aromatic carbocycles. The second-order valence-electron chi connectivity index (χ2n) is 9.38. The summed E-state index contributed by atoms with van der Waals surface area (Å²) in [5, 5.41) is 14.4. The number of para-hydroxylation sites is 1. The predicted molar refractivity (Wildman–Crippen MR) is 161 cm³/mol. The lowest BCUT2D eigenvalue weighted by molar-refractivity contribution is -0.124. The SMILES string of the molecule is COc1ccc(-c2nc(NCCCCOc3ccc(/C=C/C(=O)NO)cc3OC)cc3c2[nH]c2ccccc23)cc1. The van der Waals surface area contributed by atoms with Gasteiger partial charge in [0.15, 0.2) is 11.5 Å². The fraction of sp³-hybridized carbons (Fsp3) is 0.188. The second kappa shape index (κ2) is 12.9. The van der Waals surface area contributed by atoms with Gasteiger partial charge in [0.25, 0.3) is 5.91 Å². The van der Waals surface area contributed by atoms with Crippen LogP contribution in [-0.4, -0.2) is 48.5 Å². The molecule has 2 aromatic heterocycles. The van der Waals surface area contributed by atoms with Gasteiger partial charge in [-0.05, 0) is 73.0 Å². The number of benzene rings is 3. The van der Waals surface area contributed by atoms with Gasteiger partial charge >= 0.3 is 0 Å². The lowest BCUT2D eigenvalue weighted by atomic mass is 10.1. The van der Waals surface area contributed by atoms with E-state index in [1.807, 2.05) is 42.5 Å². The first-order chi connectivity index (χ1) is 20.1. The Labute approximate surface area is 237 Å². The number of pyridine rings is 1. The van der Waals surface area contributed by atoms with Crippen LogP contribution < -0.4 is 25.0 Å². The number of amides is 1. The Hall–Kier alpha value is -5.02. The summed E-state index contributed by atoms with van der Waals surface area (Å²) >= 11 is 0. The number of methoxy groups -OCH3 is 2. The van der Waals surface area contributed by atoms with Crippen LogP contribution in [0.3, 0.4) is 0 Å². The summed E-state index contributed by atoms with van der Waals surface area (Å²) < 4.78 is 16.7. The number of hydrogen-bond donors (Lipinski definition) is 4. The third-order valence-electron chi connectivity index (χ3n) is 6.72. The summed E-state index contributed by atoms with van der Waals surface area (Å²) in [6.45, 7) is 1.26. The normalized spacial score (nSPS) is 11.2. The van der Waals surface area contributed by atoms with E-state index in [0.717, 1.165) is 69.6 Å². The number of nitrogens with one attached hydrogen (secondary N) is 3. The third-order valence-corrected chi connectivity index (χ3v) is 6.72. The van der Waals surface area contributed by atoms with Crippen molar-refractivity contribution in [1.29, 1.82) is 0 Å². The number of aromatic nitrogens is 2. The Morgan fingerprint density at radius 3 is 2.56 bits per heavy atom. The second-order valence-corrected chi connectivity index (χ2v) is 9.38. The van der Waals surface area contributed by atoms with Gasteiger partial charge < -0.3 is 24.5 Å². The molecule has 1 amide bonds. The highest BCUT2D eigenvalue weighted by molar-refractivity contribution is 6.11. The van der Waals surface area contributed by atoms with E-state index in [1.54, 1.807) is 37.9 Å². The van der Waals surface area contributed by atoms with Gasteiger partial charge in [-0.2, -0.15) is 0 Å². The van der Waals surface area contributed by atoms with Crippen LogP contribution in [-0.2, 0) is 4.79 Å². The zero-order valence-electron chi connectivity index (χ0n) is 22.9. The molecule has 9 heteroatoms. The molecule has 210 valence electrons. The van der Waals surface area contributed by atoms with Crippen molar-refractivity contribution in [2.45, 2.75) is 12.8 Å². The number of anilines is 1. The number of rotatable bonds is 12. The maximum Gasteiger partial charge on any atom is 0.267 e. The number of nitrogens with zero attached hydrogens (tertiary/aromatic N) is 1. The Balaban J connectivity index is 1.23. The molecule has 0 aliphatic heterocycles. The Morgan fingerprint density at radius 2 is 1.78 bits per heavy atom. The summed E-state index contributed by atoms with van der Waals surface area (Å²) in [5.74, 6) is 2.20. The van der Waals surface area contributed by atoms with E-state index in [0.29, 0.717) is 18.1 Å². The number of carbonyl (C=O) groups excluding carboxylic acids is 1. The lowest BCUT2D eigenvalue weighted by Gasteiger charge is -2.12. The van der Waals surface area contributed by atoms with Crippen molar-refractivity contribution in [3.8, 4) is 28.5 Å². The van der Waals surface area contributed by atoms with E-state index < -0.39 is 5.91 Å². The van der Waals surface area contributed by atoms with Crippen molar-refractivity contribution in [1.82, 2.24) is 15.4 Å². The largest absolute Gasteiger partial charge is 0.497 e. The molecule has 41 heavy (non-hydrogen) atoms. The number of hydroxylamine groups is 1. The van der Waals surface area contributed by atoms with Gasteiger partial charge in [0.05, 0.1) is 32.0 Å². The number of fused-ring (bicyclic) bond motifs is 3. The van der Waals surface area contributed by atoms with Crippen molar-refractivity contribution < 1.29 is 24.2 Å². The first-order valence-corrected chi connectivity index (χ1v) is 13.3. The van der Waals surface area contributed by atoms with Crippen LogP contribution in [0.25, 0.3) is 39.1 Å². The van der Waals surface area contributed by atoms with E-state index in [4.69, 9.17) is 24.4 Å². The van der Waals surface area contributed by atoms with E-state index in [1.165, 1.54) is 6.08 Å². The van der Waals surface area contributed by atoms with Crippen molar-refractivity contribution in [3.63, 3.8) is 0 Å². The molecule has 0 aliphatic rings. The van der Waals surface area contributed by atoms with Gasteiger partial charge in [-0.25, -0.2) is 10.5 Å². The Bertz CT molecular complexity index is 1680. The van der Waals surface area contributed by atoms with Crippen LogP contribution in [0.4, 0.5) is 5.82 Å². The zero-order chi connectivity index (χ0) is 28.6. The van der Waals surface area contributed by atoms with E-state index in [9.17, 15) is 4.79 Å². The minimum atomic E-state index is -0.605. The maximum atomic E-state index is 11.2. The van der Waals surface area contributed by atoms with E-state index in [2.05, 4.69) is 28.5 Å². The molecule has 4 N–H and O–H groups in total. The molecule has 9 nitrogen and oxygen atoms in total. The van der Waals surface area contributed by atoms with Gasteiger partial charge in [0, 0.05) is 34.5 Å². The molecule has 0 saturated carbocycles. The number of aromatic amines is 1. The summed E-state index contributed by atoms with van der Waals surface area (Å²) in [6, 6.07) is 23.7.